The topological polar surface area (TPSA) is 85.2 Å². The molecule has 6 nitrogen and oxygen atoms in total. The maximum Gasteiger partial charge on any atom is 0.370 e. The van der Waals surface area contributed by atoms with Crippen LogP contribution < -0.4 is 0 Å². The predicted octanol–water partition coefficient (Wildman–Crippen LogP) is 3.08. The molecule has 29 heavy (non-hydrogen) atoms. The Morgan fingerprint density at radius 1 is 1.07 bits per heavy atom. The molecule has 0 amide bonds. The summed E-state index contributed by atoms with van der Waals surface area (Å²) in [7, 11) is 0. The summed E-state index contributed by atoms with van der Waals surface area (Å²) < 4.78 is 16.4. The summed E-state index contributed by atoms with van der Waals surface area (Å²) in [6.45, 7) is 0.778. The highest BCUT2D eigenvalue weighted by Crippen LogP contribution is 2.42. The Labute approximate surface area is 169 Å². The first-order valence-corrected chi connectivity index (χ1v) is 9.79. The number of ether oxygens (including phenoxy) is 3. The van der Waals surface area contributed by atoms with Gasteiger partial charge >= 0.3 is 5.97 Å². The number of hydrogen-bond donors (Lipinski definition) is 2. The third kappa shape index (κ3) is 4.19. The zero-order valence-corrected chi connectivity index (χ0v) is 16.0. The van der Waals surface area contributed by atoms with Gasteiger partial charge in [-0.3, -0.25) is 0 Å². The maximum atomic E-state index is 11.6. The molecule has 0 saturated carbocycles. The Bertz CT molecular complexity index is 919. The van der Waals surface area contributed by atoms with Gasteiger partial charge in [0, 0.05) is 12.3 Å². The van der Waals surface area contributed by atoms with Gasteiger partial charge in [0.15, 0.2) is 0 Å². The number of rotatable bonds is 8. The number of allylic oxidation sites excluding steroid dienone is 1. The Kier molecular flexibility index (Phi) is 5.94. The van der Waals surface area contributed by atoms with E-state index in [1.807, 2.05) is 18.2 Å². The average molecular weight is 396 g/mol. The highest BCUT2D eigenvalue weighted by molar-refractivity contribution is 5.85. The number of benzene rings is 2. The molecular weight excluding hydrogens is 372 g/mol. The fourth-order valence-electron chi connectivity index (χ4n) is 4.06. The first kappa shape index (κ1) is 19.6. The van der Waals surface area contributed by atoms with Gasteiger partial charge in [-0.05, 0) is 40.3 Å². The van der Waals surface area contributed by atoms with Gasteiger partial charge in [-0.2, -0.15) is 0 Å². The summed E-state index contributed by atoms with van der Waals surface area (Å²) in [4.78, 5) is 11.6. The predicted molar refractivity (Wildman–Crippen MR) is 106 cm³/mol. The van der Waals surface area contributed by atoms with Crippen LogP contribution in [0.25, 0.3) is 11.1 Å². The first-order valence-electron chi connectivity index (χ1n) is 9.79. The molecular formula is C23H24O6. The highest BCUT2D eigenvalue weighted by atomic mass is 16.7. The molecule has 1 aliphatic heterocycles. The lowest BCUT2D eigenvalue weighted by atomic mass is 9.87. The van der Waals surface area contributed by atoms with Crippen LogP contribution in [-0.4, -0.2) is 48.9 Å². The molecule has 152 valence electrons. The number of aliphatic hydroxyl groups excluding tert-OH is 1. The minimum Gasteiger partial charge on any atom is -0.475 e. The van der Waals surface area contributed by atoms with Crippen molar-refractivity contribution in [3.05, 3.63) is 71.0 Å². The number of carboxylic acids is 1. The highest BCUT2D eigenvalue weighted by Gasteiger charge is 2.31. The second-order valence-corrected chi connectivity index (χ2v) is 7.14. The Morgan fingerprint density at radius 3 is 2.72 bits per heavy atom. The lowest BCUT2D eigenvalue weighted by molar-refractivity contribution is -0.160. The minimum absolute atomic E-state index is 0.0462. The largest absolute Gasteiger partial charge is 0.475 e. The van der Waals surface area contributed by atoms with Crippen LogP contribution in [0.15, 0.2) is 54.3 Å². The van der Waals surface area contributed by atoms with Crippen molar-refractivity contribution in [2.24, 2.45) is 0 Å². The van der Waals surface area contributed by atoms with E-state index in [2.05, 4.69) is 24.3 Å². The standard InChI is InChI=1S/C23H24O6/c24-8-9-27-10-11-28-22-14-16(13-21(29-22)23(25)26)18-6-3-7-19-17-5-2-1-4-15(17)12-20(18)19/h1-7,13,16,22,24H,8-12,14H2,(H,25,26)/t16-,22+/m1/s1. The fourth-order valence-corrected chi connectivity index (χ4v) is 4.06. The lowest BCUT2D eigenvalue weighted by Crippen LogP contribution is -2.28. The summed E-state index contributed by atoms with van der Waals surface area (Å²) in [5, 5.41) is 18.2. The third-order valence-electron chi connectivity index (χ3n) is 5.32. The van der Waals surface area contributed by atoms with Gasteiger partial charge in [-0.15, -0.1) is 0 Å². The zero-order valence-electron chi connectivity index (χ0n) is 16.0. The van der Waals surface area contributed by atoms with E-state index in [1.54, 1.807) is 6.08 Å². The molecule has 0 saturated heterocycles. The molecule has 0 radical (unpaired) electrons. The molecule has 0 unspecified atom stereocenters. The summed E-state index contributed by atoms with van der Waals surface area (Å²) in [6, 6.07) is 14.6. The molecule has 1 aliphatic carbocycles. The zero-order chi connectivity index (χ0) is 20.2. The molecule has 1 heterocycles. The van der Waals surface area contributed by atoms with Gasteiger partial charge in [0.1, 0.15) is 0 Å². The lowest BCUT2D eigenvalue weighted by Gasteiger charge is -2.29. The smallest absolute Gasteiger partial charge is 0.370 e. The van der Waals surface area contributed by atoms with Gasteiger partial charge in [-0.1, -0.05) is 42.5 Å². The normalized spacial score (nSPS) is 19.8. The maximum absolute atomic E-state index is 11.6. The van der Waals surface area contributed by atoms with E-state index in [0.717, 1.165) is 12.0 Å². The van der Waals surface area contributed by atoms with Crippen molar-refractivity contribution in [3.63, 3.8) is 0 Å². The molecule has 2 N–H and O–H groups in total. The van der Waals surface area contributed by atoms with Crippen LogP contribution in [-0.2, 0) is 25.4 Å². The van der Waals surface area contributed by atoms with E-state index in [4.69, 9.17) is 19.3 Å². The van der Waals surface area contributed by atoms with Crippen LogP contribution >= 0.6 is 0 Å². The van der Waals surface area contributed by atoms with Gasteiger partial charge in [0.05, 0.1) is 26.4 Å². The van der Waals surface area contributed by atoms with Crippen molar-refractivity contribution >= 4 is 5.97 Å². The Morgan fingerprint density at radius 2 is 1.90 bits per heavy atom. The van der Waals surface area contributed by atoms with Crippen molar-refractivity contribution in [3.8, 4) is 11.1 Å². The second-order valence-electron chi connectivity index (χ2n) is 7.14. The average Bonchev–Trinajstić information content (AvgIpc) is 3.12. The molecule has 2 atom stereocenters. The van der Waals surface area contributed by atoms with E-state index in [9.17, 15) is 9.90 Å². The molecule has 6 heteroatoms. The van der Waals surface area contributed by atoms with E-state index in [-0.39, 0.29) is 31.5 Å². The van der Waals surface area contributed by atoms with Crippen molar-refractivity contribution in [2.75, 3.05) is 26.4 Å². The first-order chi connectivity index (χ1) is 14.2. The Balaban J connectivity index is 1.56. The van der Waals surface area contributed by atoms with E-state index in [0.29, 0.717) is 13.0 Å². The third-order valence-corrected chi connectivity index (χ3v) is 5.32. The summed E-state index contributed by atoms with van der Waals surface area (Å²) >= 11 is 0. The van der Waals surface area contributed by atoms with Crippen LogP contribution in [0.3, 0.4) is 0 Å². The molecule has 0 aromatic heterocycles. The number of hydrogen-bond acceptors (Lipinski definition) is 5. The monoisotopic (exact) mass is 396 g/mol. The summed E-state index contributed by atoms with van der Waals surface area (Å²) in [5.41, 5.74) is 6.10. The molecule has 4 rings (SSSR count). The molecule has 0 fully saturated rings. The van der Waals surface area contributed by atoms with E-state index < -0.39 is 12.3 Å². The van der Waals surface area contributed by atoms with Crippen LogP contribution in [0.1, 0.15) is 29.0 Å². The van der Waals surface area contributed by atoms with Crippen molar-refractivity contribution < 1.29 is 29.2 Å². The second kappa shape index (κ2) is 8.78. The van der Waals surface area contributed by atoms with Gasteiger partial charge in [-0.25, -0.2) is 4.79 Å². The number of aliphatic hydroxyl groups is 1. The van der Waals surface area contributed by atoms with Crippen molar-refractivity contribution in [2.45, 2.75) is 25.0 Å². The number of fused-ring (bicyclic) bond motifs is 3. The van der Waals surface area contributed by atoms with Gasteiger partial charge in [0.25, 0.3) is 0 Å². The van der Waals surface area contributed by atoms with Crippen LogP contribution in [0, 0.1) is 0 Å². The summed E-state index contributed by atoms with van der Waals surface area (Å²) in [5.74, 6) is -1.30. The van der Waals surface area contributed by atoms with E-state index >= 15 is 0 Å². The minimum atomic E-state index is -1.10. The molecule has 2 aliphatic rings. The van der Waals surface area contributed by atoms with Crippen molar-refractivity contribution in [1.82, 2.24) is 0 Å². The van der Waals surface area contributed by atoms with Crippen LogP contribution in [0.2, 0.25) is 0 Å². The molecule has 2 aromatic rings. The fraction of sp³-hybridized carbons (Fsp3) is 0.348. The number of aliphatic carboxylic acids is 1. The summed E-state index contributed by atoms with van der Waals surface area (Å²) in [6.07, 6.45) is 2.40. The molecule has 0 spiro atoms. The van der Waals surface area contributed by atoms with Crippen molar-refractivity contribution in [1.29, 1.82) is 0 Å². The van der Waals surface area contributed by atoms with Crippen LogP contribution in [0.4, 0.5) is 0 Å². The number of carboxylic acid groups (broad SMARTS) is 1. The number of carbonyl (C=O) groups is 1. The van der Waals surface area contributed by atoms with Crippen LogP contribution in [0.5, 0.6) is 0 Å². The quantitative estimate of drug-likeness (QED) is 0.569. The SMILES string of the molecule is O=C(O)C1=C[C@@H](c2cccc3c2Cc2ccccc2-3)C[C@@H](OCCOCCO)O1. The molecule has 0 bridgehead atoms. The van der Waals surface area contributed by atoms with Gasteiger partial charge < -0.3 is 24.4 Å². The van der Waals surface area contributed by atoms with E-state index in [1.165, 1.54) is 22.3 Å². The van der Waals surface area contributed by atoms with Gasteiger partial charge in [0.2, 0.25) is 12.0 Å². The molecule has 2 aromatic carbocycles. The Hall–Kier alpha value is -2.67.